The van der Waals surface area contributed by atoms with Crippen LogP contribution in [0.25, 0.3) is 0 Å². The van der Waals surface area contributed by atoms with Gasteiger partial charge in [0.2, 0.25) is 0 Å². The highest BCUT2D eigenvalue weighted by atomic mass is 16.3. The average Bonchev–Trinajstić information content (AvgIpc) is 2.70. The molecule has 1 fully saturated rings. The van der Waals surface area contributed by atoms with Crippen molar-refractivity contribution >= 4 is 0 Å². The van der Waals surface area contributed by atoms with Crippen molar-refractivity contribution in [3.05, 3.63) is 23.3 Å². The number of hydrogen-bond acceptors (Lipinski definition) is 2. The highest BCUT2D eigenvalue weighted by Gasteiger charge is 2.47. The molecule has 14 heavy (non-hydrogen) atoms. The van der Waals surface area contributed by atoms with Crippen LogP contribution in [0.4, 0.5) is 0 Å². The molecule has 4 atom stereocenters. The minimum absolute atomic E-state index is 0.188. The Kier molecular flexibility index (Phi) is 2.50. The molecule has 1 saturated carbocycles. The van der Waals surface area contributed by atoms with E-state index in [1.54, 1.807) is 0 Å². The van der Waals surface area contributed by atoms with Gasteiger partial charge in [0, 0.05) is 25.0 Å². The van der Waals surface area contributed by atoms with Crippen LogP contribution in [0.15, 0.2) is 23.3 Å². The van der Waals surface area contributed by atoms with Crippen LogP contribution in [0.1, 0.15) is 13.8 Å². The molecule has 2 rings (SSSR count). The molecular formula is C12H18O2. The fraction of sp³-hybridized carbons (Fsp3) is 0.667. The van der Waals surface area contributed by atoms with Crippen LogP contribution < -0.4 is 0 Å². The first-order chi connectivity index (χ1) is 6.70. The Morgan fingerprint density at radius 1 is 1.07 bits per heavy atom. The van der Waals surface area contributed by atoms with Crippen molar-refractivity contribution in [3.63, 3.8) is 0 Å². The van der Waals surface area contributed by atoms with E-state index in [2.05, 4.69) is 26.0 Å². The van der Waals surface area contributed by atoms with E-state index in [1.807, 2.05) is 0 Å². The van der Waals surface area contributed by atoms with E-state index < -0.39 is 0 Å². The Morgan fingerprint density at radius 3 is 1.79 bits per heavy atom. The summed E-state index contributed by atoms with van der Waals surface area (Å²) in [6, 6.07) is 0. The number of aliphatic hydroxyl groups is 2. The van der Waals surface area contributed by atoms with E-state index in [0.717, 1.165) is 0 Å². The maximum absolute atomic E-state index is 9.32. The third-order valence-electron chi connectivity index (χ3n) is 3.72. The van der Waals surface area contributed by atoms with Crippen LogP contribution in [0.5, 0.6) is 0 Å². The Balaban J connectivity index is 2.36. The zero-order valence-electron chi connectivity index (χ0n) is 8.77. The lowest BCUT2D eigenvalue weighted by molar-refractivity contribution is 0.112. The molecule has 0 unspecified atom stereocenters. The number of allylic oxidation sites excluding steroid dienone is 4. The van der Waals surface area contributed by atoms with Gasteiger partial charge in [0.05, 0.1) is 0 Å². The molecule has 78 valence electrons. The van der Waals surface area contributed by atoms with Gasteiger partial charge in [-0.25, -0.2) is 0 Å². The summed E-state index contributed by atoms with van der Waals surface area (Å²) in [5, 5.41) is 18.6. The second-order valence-electron chi connectivity index (χ2n) is 4.58. The third-order valence-corrected chi connectivity index (χ3v) is 3.72. The van der Waals surface area contributed by atoms with E-state index in [1.165, 1.54) is 11.1 Å². The summed E-state index contributed by atoms with van der Waals surface area (Å²) in [6.07, 6.45) is 4.39. The maximum atomic E-state index is 9.32. The summed E-state index contributed by atoms with van der Waals surface area (Å²) >= 11 is 0. The number of rotatable bonds is 2. The summed E-state index contributed by atoms with van der Waals surface area (Å²) in [5.41, 5.74) is 2.78. The zero-order chi connectivity index (χ0) is 10.3. The maximum Gasteiger partial charge on any atom is 0.0471 e. The highest BCUT2D eigenvalue weighted by Crippen LogP contribution is 2.52. The van der Waals surface area contributed by atoms with E-state index in [4.69, 9.17) is 0 Å². The Hall–Kier alpha value is -0.600. The van der Waals surface area contributed by atoms with Gasteiger partial charge in [0.15, 0.2) is 0 Å². The third kappa shape index (κ3) is 1.17. The van der Waals surface area contributed by atoms with Crippen molar-refractivity contribution in [2.75, 3.05) is 13.2 Å². The SMILES string of the molecule is CC(C)=C1[C@H]2C=C[C@@H]1[C@@H](CO)[C@H]2CO. The fourth-order valence-electron chi connectivity index (χ4n) is 3.11. The Labute approximate surface area is 85.0 Å². The van der Waals surface area contributed by atoms with Gasteiger partial charge in [0.1, 0.15) is 0 Å². The van der Waals surface area contributed by atoms with Crippen LogP contribution >= 0.6 is 0 Å². The van der Waals surface area contributed by atoms with Gasteiger partial charge in [-0.1, -0.05) is 23.3 Å². The van der Waals surface area contributed by atoms with Crippen molar-refractivity contribution < 1.29 is 10.2 Å². The Bertz CT molecular complexity index is 265. The lowest BCUT2D eigenvalue weighted by Crippen LogP contribution is -2.25. The van der Waals surface area contributed by atoms with Gasteiger partial charge in [0.25, 0.3) is 0 Å². The van der Waals surface area contributed by atoms with Crippen LogP contribution in [-0.2, 0) is 0 Å². The van der Waals surface area contributed by atoms with Crippen LogP contribution in [0.2, 0.25) is 0 Å². The molecule has 0 saturated heterocycles. The molecule has 0 aliphatic heterocycles. The second-order valence-corrected chi connectivity index (χ2v) is 4.58. The van der Waals surface area contributed by atoms with Gasteiger partial charge in [-0.15, -0.1) is 0 Å². The minimum Gasteiger partial charge on any atom is -0.396 e. The average molecular weight is 194 g/mol. The molecule has 2 nitrogen and oxygen atoms in total. The molecule has 2 bridgehead atoms. The summed E-state index contributed by atoms with van der Waals surface area (Å²) in [6.45, 7) is 4.62. The van der Waals surface area contributed by atoms with Crippen molar-refractivity contribution in [2.45, 2.75) is 13.8 Å². The van der Waals surface area contributed by atoms with Crippen molar-refractivity contribution in [1.82, 2.24) is 0 Å². The molecule has 0 radical (unpaired) electrons. The topological polar surface area (TPSA) is 40.5 Å². The lowest BCUT2D eigenvalue weighted by Gasteiger charge is -2.23. The van der Waals surface area contributed by atoms with Crippen LogP contribution in [0, 0.1) is 23.7 Å². The lowest BCUT2D eigenvalue weighted by atomic mass is 9.84. The van der Waals surface area contributed by atoms with Gasteiger partial charge in [-0.3, -0.25) is 0 Å². The summed E-state index contributed by atoms with van der Waals surface area (Å²) in [5.74, 6) is 1.24. The van der Waals surface area contributed by atoms with Gasteiger partial charge < -0.3 is 10.2 Å². The summed E-state index contributed by atoms with van der Waals surface area (Å²) in [7, 11) is 0. The highest BCUT2D eigenvalue weighted by molar-refractivity contribution is 5.37. The normalized spacial score (nSPS) is 39.6. The van der Waals surface area contributed by atoms with E-state index >= 15 is 0 Å². The standard InChI is InChI=1S/C12H18O2/c1-7(2)12-8-3-4-9(12)11(6-14)10(8)5-13/h3-4,8-11,13-14H,5-6H2,1-2H3/t8-,9+,10-,11+. The largest absolute Gasteiger partial charge is 0.396 e. The van der Waals surface area contributed by atoms with Gasteiger partial charge in [-0.05, 0) is 25.7 Å². The van der Waals surface area contributed by atoms with E-state index in [0.29, 0.717) is 11.8 Å². The smallest absolute Gasteiger partial charge is 0.0471 e. The number of hydrogen-bond donors (Lipinski definition) is 2. The zero-order valence-corrected chi connectivity index (χ0v) is 8.77. The summed E-state index contributed by atoms with van der Waals surface area (Å²) in [4.78, 5) is 0. The monoisotopic (exact) mass is 194 g/mol. The molecule has 2 aliphatic carbocycles. The first-order valence-electron chi connectivity index (χ1n) is 5.28. The first kappa shape index (κ1) is 9.94. The van der Waals surface area contributed by atoms with Crippen LogP contribution in [0.3, 0.4) is 0 Å². The van der Waals surface area contributed by atoms with E-state index in [9.17, 15) is 10.2 Å². The second kappa shape index (κ2) is 3.52. The molecule has 0 aromatic heterocycles. The molecule has 0 heterocycles. The van der Waals surface area contributed by atoms with E-state index in [-0.39, 0.29) is 25.0 Å². The predicted octanol–water partition coefficient (Wildman–Crippen LogP) is 1.36. The minimum atomic E-state index is 0.188. The quantitative estimate of drug-likeness (QED) is 0.651. The first-order valence-corrected chi connectivity index (χ1v) is 5.28. The van der Waals surface area contributed by atoms with Crippen molar-refractivity contribution in [1.29, 1.82) is 0 Å². The van der Waals surface area contributed by atoms with Crippen LogP contribution in [-0.4, -0.2) is 23.4 Å². The van der Waals surface area contributed by atoms with Gasteiger partial charge in [-0.2, -0.15) is 0 Å². The predicted molar refractivity (Wildman–Crippen MR) is 55.6 cm³/mol. The molecule has 2 aliphatic rings. The molecule has 2 heteroatoms. The molecule has 0 spiro atoms. The Morgan fingerprint density at radius 2 is 1.50 bits per heavy atom. The summed E-state index contributed by atoms with van der Waals surface area (Å²) < 4.78 is 0. The molecular weight excluding hydrogens is 176 g/mol. The molecule has 2 N–H and O–H groups in total. The molecule has 0 aromatic carbocycles. The fourth-order valence-corrected chi connectivity index (χ4v) is 3.11. The van der Waals surface area contributed by atoms with Crippen molar-refractivity contribution in [3.8, 4) is 0 Å². The number of aliphatic hydroxyl groups excluding tert-OH is 2. The van der Waals surface area contributed by atoms with Gasteiger partial charge >= 0.3 is 0 Å². The molecule has 0 amide bonds. The number of fused-ring (bicyclic) bond motifs is 2. The van der Waals surface area contributed by atoms with Crippen molar-refractivity contribution in [2.24, 2.45) is 23.7 Å². The molecule has 0 aromatic rings.